The molecular formula is C30H36BrF2NO3. The van der Waals surface area contributed by atoms with Crippen LogP contribution in [0.1, 0.15) is 62.5 Å². The average Bonchev–Trinajstić information content (AvgIpc) is 3.11. The number of benzene rings is 2. The van der Waals surface area contributed by atoms with Crippen molar-refractivity contribution >= 4 is 11.8 Å². The molecule has 1 saturated carbocycles. The Morgan fingerprint density at radius 3 is 2.16 bits per heavy atom. The summed E-state index contributed by atoms with van der Waals surface area (Å²) in [6, 6.07) is 13.4. The first-order valence-corrected chi connectivity index (χ1v) is 13.5. The van der Waals surface area contributed by atoms with Crippen molar-refractivity contribution in [1.29, 1.82) is 0 Å². The van der Waals surface area contributed by atoms with Crippen molar-refractivity contribution < 1.29 is 44.6 Å². The fourth-order valence-corrected chi connectivity index (χ4v) is 6.90. The molecule has 1 atom stereocenters. The van der Waals surface area contributed by atoms with Gasteiger partial charge in [-0.05, 0) is 36.1 Å². The molecule has 2 bridgehead atoms. The monoisotopic (exact) mass is 575 g/mol. The van der Waals surface area contributed by atoms with Crippen molar-refractivity contribution in [2.75, 3.05) is 26.2 Å². The van der Waals surface area contributed by atoms with Gasteiger partial charge < -0.3 is 26.2 Å². The van der Waals surface area contributed by atoms with Crippen LogP contribution in [0.25, 0.3) is 0 Å². The van der Waals surface area contributed by atoms with E-state index in [0.717, 1.165) is 76.1 Å². The molecule has 0 aromatic heterocycles. The quantitative estimate of drug-likeness (QED) is 0.289. The molecule has 2 aromatic carbocycles. The van der Waals surface area contributed by atoms with Crippen LogP contribution in [0, 0.1) is 17.6 Å². The number of rotatable bonds is 7. The zero-order valence-electron chi connectivity index (χ0n) is 21.3. The van der Waals surface area contributed by atoms with E-state index in [2.05, 4.69) is 12.1 Å². The molecule has 3 saturated heterocycles. The van der Waals surface area contributed by atoms with E-state index in [0.29, 0.717) is 29.1 Å². The van der Waals surface area contributed by atoms with Crippen molar-refractivity contribution in [1.82, 2.24) is 0 Å². The van der Waals surface area contributed by atoms with E-state index >= 15 is 0 Å². The van der Waals surface area contributed by atoms with Crippen LogP contribution in [0.5, 0.6) is 0 Å². The minimum Gasteiger partial charge on any atom is -1.00 e. The molecule has 0 spiro atoms. The molecule has 1 aliphatic carbocycles. The summed E-state index contributed by atoms with van der Waals surface area (Å²) in [7, 11) is 0. The molecule has 4 aliphatic rings. The van der Waals surface area contributed by atoms with Gasteiger partial charge >= 0.3 is 5.97 Å². The Hall–Kier alpha value is -2.12. The minimum atomic E-state index is -0.665. The van der Waals surface area contributed by atoms with Gasteiger partial charge in [0.05, 0.1) is 18.5 Å². The van der Waals surface area contributed by atoms with Gasteiger partial charge in [-0.2, -0.15) is 0 Å². The van der Waals surface area contributed by atoms with E-state index in [1.54, 1.807) is 0 Å². The van der Waals surface area contributed by atoms with Crippen molar-refractivity contribution in [3.05, 3.63) is 71.3 Å². The highest BCUT2D eigenvalue weighted by atomic mass is 79.9. The molecule has 7 heteroatoms. The summed E-state index contributed by atoms with van der Waals surface area (Å²) >= 11 is 0. The van der Waals surface area contributed by atoms with Gasteiger partial charge in [-0.25, -0.2) is 8.78 Å². The predicted molar refractivity (Wildman–Crippen MR) is 133 cm³/mol. The molecule has 0 amide bonds. The van der Waals surface area contributed by atoms with Crippen molar-refractivity contribution in [3.8, 4) is 0 Å². The zero-order valence-corrected chi connectivity index (χ0v) is 22.9. The van der Waals surface area contributed by atoms with Gasteiger partial charge in [0.25, 0.3) is 0 Å². The Morgan fingerprint density at radius 2 is 1.54 bits per heavy atom. The topological polar surface area (TPSA) is 43.4 Å². The molecule has 0 N–H and O–H groups in total. The van der Waals surface area contributed by atoms with Crippen molar-refractivity contribution in [3.63, 3.8) is 0 Å². The molecule has 0 unspecified atom stereocenters. The maximum absolute atomic E-state index is 13.9. The van der Waals surface area contributed by atoms with E-state index in [1.165, 1.54) is 12.1 Å². The highest BCUT2D eigenvalue weighted by Gasteiger charge is 2.50. The zero-order chi connectivity index (χ0) is 25.2. The number of hydrogen-bond donors (Lipinski definition) is 0. The molecule has 4 fully saturated rings. The van der Waals surface area contributed by atoms with Crippen LogP contribution in [-0.4, -0.2) is 48.5 Å². The van der Waals surface area contributed by atoms with Gasteiger partial charge in [0.1, 0.15) is 24.7 Å². The number of ketones is 1. The van der Waals surface area contributed by atoms with E-state index < -0.39 is 17.0 Å². The van der Waals surface area contributed by atoms with Crippen LogP contribution < -0.4 is 17.0 Å². The maximum atomic E-state index is 13.9. The number of carbonyl (C=O) groups is 2. The Bertz CT molecular complexity index is 1070. The lowest BCUT2D eigenvalue weighted by molar-refractivity contribution is -0.939. The third-order valence-electron chi connectivity index (χ3n) is 8.81. The van der Waals surface area contributed by atoms with E-state index in [9.17, 15) is 18.4 Å². The molecule has 3 aliphatic heterocycles. The second kappa shape index (κ2) is 11.7. The van der Waals surface area contributed by atoms with E-state index in [-0.39, 0.29) is 41.3 Å². The fourth-order valence-electron chi connectivity index (χ4n) is 6.90. The summed E-state index contributed by atoms with van der Waals surface area (Å²) in [5.74, 6) is -1.13. The number of quaternary nitrogens is 1. The second-order valence-electron chi connectivity index (χ2n) is 11.3. The molecule has 37 heavy (non-hydrogen) atoms. The van der Waals surface area contributed by atoms with Crippen LogP contribution in [0.15, 0.2) is 48.5 Å². The van der Waals surface area contributed by atoms with E-state index in [1.807, 2.05) is 18.2 Å². The molecule has 3 heterocycles. The Labute approximate surface area is 228 Å². The number of ether oxygens (including phenoxy) is 1. The number of nitrogens with zero attached hydrogens (tertiary/aromatic N) is 1. The van der Waals surface area contributed by atoms with Gasteiger partial charge in [-0.1, -0.05) is 56.0 Å². The fraction of sp³-hybridized carbons (Fsp3) is 0.533. The van der Waals surface area contributed by atoms with Crippen LogP contribution in [-0.2, 0) is 26.2 Å². The third kappa shape index (κ3) is 6.14. The van der Waals surface area contributed by atoms with Gasteiger partial charge in [-0.3, -0.25) is 9.59 Å². The van der Waals surface area contributed by atoms with Crippen molar-refractivity contribution in [2.45, 2.75) is 69.3 Å². The normalized spacial score (nSPS) is 26.5. The molecule has 0 radical (unpaired) electrons. The largest absolute Gasteiger partial charge is 1.00 e. The third-order valence-corrected chi connectivity index (χ3v) is 8.81. The van der Waals surface area contributed by atoms with Crippen LogP contribution >= 0.6 is 0 Å². The van der Waals surface area contributed by atoms with Crippen LogP contribution in [0.4, 0.5) is 8.78 Å². The Morgan fingerprint density at radius 1 is 0.919 bits per heavy atom. The average molecular weight is 577 g/mol. The second-order valence-corrected chi connectivity index (χ2v) is 11.3. The first-order chi connectivity index (χ1) is 17.4. The Balaban J connectivity index is 0.00000320. The van der Waals surface area contributed by atoms with Gasteiger partial charge in [0.15, 0.2) is 11.9 Å². The summed E-state index contributed by atoms with van der Waals surface area (Å²) in [4.78, 5) is 26.8. The summed E-state index contributed by atoms with van der Waals surface area (Å²) < 4.78 is 34.1. The summed E-state index contributed by atoms with van der Waals surface area (Å²) in [6.07, 6.45) is 7.64. The number of fused-ring (bicyclic) bond motifs is 3. The molecule has 6 rings (SSSR count). The molecular weight excluding hydrogens is 540 g/mol. The number of esters is 1. The lowest BCUT2D eigenvalue weighted by Crippen LogP contribution is -3.00. The summed E-state index contributed by atoms with van der Waals surface area (Å²) in [6.45, 7) is 2.71. The summed E-state index contributed by atoms with van der Waals surface area (Å²) in [5.41, 5.74) is 0.828. The highest BCUT2D eigenvalue weighted by molar-refractivity contribution is 5.83. The number of hydrogen-bond acceptors (Lipinski definition) is 3. The van der Waals surface area contributed by atoms with Crippen LogP contribution in [0.3, 0.4) is 0 Å². The first-order valence-electron chi connectivity index (χ1n) is 13.5. The number of Topliss-reactive ketones (excluding diaryl/α,β-unsaturated/α-hetero) is 1. The maximum Gasteiger partial charge on any atom is 0.317 e. The number of halogens is 3. The molecule has 4 nitrogen and oxygen atoms in total. The van der Waals surface area contributed by atoms with Gasteiger partial charge in [0, 0.05) is 31.2 Å². The van der Waals surface area contributed by atoms with Crippen LogP contribution in [0.2, 0.25) is 0 Å². The number of carbonyl (C=O) groups excluding carboxylic acids is 2. The smallest absolute Gasteiger partial charge is 0.317 e. The van der Waals surface area contributed by atoms with Crippen molar-refractivity contribution in [2.24, 2.45) is 5.92 Å². The lowest BCUT2D eigenvalue weighted by atomic mass is 9.74. The highest BCUT2D eigenvalue weighted by Crippen LogP contribution is 2.42. The minimum absolute atomic E-state index is 0. The first kappa shape index (κ1) is 27.9. The predicted octanol–water partition coefficient (Wildman–Crippen LogP) is 2.52. The lowest BCUT2D eigenvalue weighted by Gasteiger charge is -2.52. The van der Waals surface area contributed by atoms with E-state index in [4.69, 9.17) is 4.74 Å². The Kier molecular flexibility index (Phi) is 8.85. The standard InChI is InChI=1S/C30H36F2NO3.BrH/c31-25-16-22(17-26(32)19-25)18-27(34)20-33-14-10-23(11-15-33)28(21-33)36-29(35)30(12-6-1-2-7-13-30)24-8-4-3-5-9-24;/h3-5,8-9,16-17,19,23,28H,1-2,6-7,10-15,18,20-21H2;1H/q+1;/p-1/t23?,28-,33?;/m0./s1. The van der Waals surface area contributed by atoms with Gasteiger partial charge in [-0.15, -0.1) is 0 Å². The number of piperidine rings is 3. The van der Waals surface area contributed by atoms with Gasteiger partial charge in [0.2, 0.25) is 0 Å². The molecule has 2 aromatic rings. The molecule has 200 valence electrons. The SMILES string of the molecule is O=C(Cc1cc(F)cc(F)c1)C[N+]12CCC(CC1)[C@@H](OC(=O)C1(c3ccccc3)CCCCCC1)C2.[Br-]. The summed E-state index contributed by atoms with van der Waals surface area (Å²) in [5, 5.41) is 0.